The van der Waals surface area contributed by atoms with Gasteiger partial charge in [0.25, 0.3) is 0 Å². The van der Waals surface area contributed by atoms with Gasteiger partial charge in [0.2, 0.25) is 5.91 Å². The van der Waals surface area contributed by atoms with E-state index >= 15 is 0 Å². The van der Waals surface area contributed by atoms with E-state index < -0.39 is 0 Å². The number of aliphatic hydroxyl groups is 1. The highest BCUT2D eigenvalue weighted by atomic mass is 35.5. The summed E-state index contributed by atoms with van der Waals surface area (Å²) in [7, 11) is 0. The second kappa shape index (κ2) is 6.37. The molecule has 0 heterocycles. The summed E-state index contributed by atoms with van der Waals surface area (Å²) in [6, 6.07) is 7.75. The van der Waals surface area contributed by atoms with Crippen LogP contribution in [0.2, 0.25) is 5.02 Å². The quantitative estimate of drug-likeness (QED) is 0.846. The second-order valence-corrected chi connectivity index (χ2v) is 7.38. The van der Waals surface area contributed by atoms with Gasteiger partial charge in [-0.15, -0.1) is 0 Å². The van der Waals surface area contributed by atoms with Crippen molar-refractivity contribution in [1.82, 2.24) is 5.32 Å². The number of rotatable bonds is 6. The predicted octanol–water partition coefficient (Wildman–Crippen LogP) is 3.36. The first-order chi connectivity index (χ1) is 9.78. The molecule has 1 aromatic carbocycles. The SMILES string of the molecule is CC(O)CC(C)(C)CNC(=O)C1CC1c1cccc(Cl)c1. The molecule has 21 heavy (non-hydrogen) atoms. The van der Waals surface area contributed by atoms with Gasteiger partial charge < -0.3 is 10.4 Å². The van der Waals surface area contributed by atoms with Crippen molar-refractivity contribution in [2.24, 2.45) is 11.3 Å². The van der Waals surface area contributed by atoms with Gasteiger partial charge in [-0.05, 0) is 48.8 Å². The van der Waals surface area contributed by atoms with Crippen LogP contribution in [0.4, 0.5) is 0 Å². The number of benzene rings is 1. The molecule has 1 saturated carbocycles. The summed E-state index contributed by atoms with van der Waals surface area (Å²) in [6.07, 6.45) is 1.22. The highest BCUT2D eigenvalue weighted by molar-refractivity contribution is 6.30. The molecule has 2 rings (SSSR count). The molecule has 2 N–H and O–H groups in total. The normalized spacial score (nSPS) is 22.7. The first-order valence-corrected chi connectivity index (χ1v) is 7.87. The van der Waals surface area contributed by atoms with Crippen LogP contribution in [-0.2, 0) is 4.79 Å². The molecule has 0 bridgehead atoms. The molecule has 1 aromatic rings. The van der Waals surface area contributed by atoms with Gasteiger partial charge in [0, 0.05) is 17.5 Å². The highest BCUT2D eigenvalue weighted by Gasteiger charge is 2.44. The van der Waals surface area contributed by atoms with E-state index in [-0.39, 0.29) is 23.3 Å². The summed E-state index contributed by atoms with van der Waals surface area (Å²) in [4.78, 5) is 12.2. The number of aliphatic hydroxyl groups excluding tert-OH is 1. The van der Waals surface area contributed by atoms with E-state index in [1.165, 1.54) is 0 Å². The summed E-state index contributed by atoms with van der Waals surface area (Å²) in [5.41, 5.74) is 1.05. The van der Waals surface area contributed by atoms with Gasteiger partial charge in [0.1, 0.15) is 0 Å². The maximum atomic E-state index is 12.2. The molecule has 0 spiro atoms. The number of halogens is 1. The largest absolute Gasteiger partial charge is 0.393 e. The van der Waals surface area contributed by atoms with E-state index in [2.05, 4.69) is 19.2 Å². The van der Waals surface area contributed by atoms with Crippen molar-refractivity contribution in [3.63, 3.8) is 0 Å². The van der Waals surface area contributed by atoms with Crippen LogP contribution in [0, 0.1) is 11.3 Å². The average Bonchev–Trinajstić information content (AvgIpc) is 3.15. The molecule has 116 valence electrons. The van der Waals surface area contributed by atoms with E-state index in [4.69, 9.17) is 11.6 Å². The van der Waals surface area contributed by atoms with Crippen LogP contribution in [0.1, 0.15) is 45.1 Å². The standard InChI is InChI=1S/C17H24ClNO2/c1-11(20)9-17(2,3)10-19-16(21)15-8-14(15)12-5-4-6-13(18)7-12/h4-7,11,14-15,20H,8-10H2,1-3H3,(H,19,21). The van der Waals surface area contributed by atoms with Gasteiger partial charge in [-0.1, -0.05) is 37.6 Å². The maximum Gasteiger partial charge on any atom is 0.223 e. The first kappa shape index (κ1) is 16.3. The van der Waals surface area contributed by atoms with Gasteiger partial charge in [0.05, 0.1) is 6.10 Å². The Morgan fingerprint density at radius 1 is 1.52 bits per heavy atom. The zero-order valence-electron chi connectivity index (χ0n) is 12.9. The maximum absolute atomic E-state index is 12.2. The summed E-state index contributed by atoms with van der Waals surface area (Å²) in [6.45, 7) is 6.48. The molecule has 0 radical (unpaired) electrons. The summed E-state index contributed by atoms with van der Waals surface area (Å²) in [5.74, 6) is 0.466. The molecule has 1 fully saturated rings. The Morgan fingerprint density at radius 2 is 2.24 bits per heavy atom. The molecule has 0 saturated heterocycles. The molecule has 3 nitrogen and oxygen atoms in total. The minimum absolute atomic E-state index is 0.0609. The molecule has 3 unspecified atom stereocenters. The van der Waals surface area contributed by atoms with E-state index in [9.17, 15) is 9.90 Å². The van der Waals surface area contributed by atoms with Crippen LogP contribution in [0.25, 0.3) is 0 Å². The molecule has 4 heteroatoms. The third-order valence-electron chi connectivity index (χ3n) is 3.99. The molecule has 1 aliphatic rings. The van der Waals surface area contributed by atoms with Gasteiger partial charge in [-0.2, -0.15) is 0 Å². The lowest BCUT2D eigenvalue weighted by Crippen LogP contribution is -2.36. The van der Waals surface area contributed by atoms with Gasteiger partial charge in [0.15, 0.2) is 0 Å². The monoisotopic (exact) mass is 309 g/mol. The smallest absolute Gasteiger partial charge is 0.223 e. The molecule has 0 aliphatic heterocycles. The van der Waals surface area contributed by atoms with Crippen LogP contribution in [-0.4, -0.2) is 23.7 Å². The Bertz CT molecular complexity index is 513. The minimum atomic E-state index is -0.350. The van der Waals surface area contributed by atoms with Crippen LogP contribution in [0.5, 0.6) is 0 Å². The minimum Gasteiger partial charge on any atom is -0.393 e. The van der Waals surface area contributed by atoms with Crippen molar-refractivity contribution in [3.05, 3.63) is 34.9 Å². The number of nitrogens with one attached hydrogen (secondary N) is 1. The first-order valence-electron chi connectivity index (χ1n) is 7.50. The van der Waals surface area contributed by atoms with Crippen molar-refractivity contribution in [1.29, 1.82) is 0 Å². The lowest BCUT2D eigenvalue weighted by atomic mass is 9.87. The third kappa shape index (κ3) is 4.72. The number of hydrogen-bond donors (Lipinski definition) is 2. The Hall–Kier alpha value is -1.06. The summed E-state index contributed by atoms with van der Waals surface area (Å²) >= 11 is 5.99. The Morgan fingerprint density at radius 3 is 2.86 bits per heavy atom. The van der Waals surface area contributed by atoms with Crippen molar-refractivity contribution in [2.75, 3.05) is 6.54 Å². The predicted molar refractivity (Wildman–Crippen MR) is 85.4 cm³/mol. The third-order valence-corrected chi connectivity index (χ3v) is 4.23. The van der Waals surface area contributed by atoms with Gasteiger partial charge in [-0.25, -0.2) is 0 Å². The Kier molecular flexibility index (Phi) is 4.95. The summed E-state index contributed by atoms with van der Waals surface area (Å²) in [5, 5.41) is 13.2. The zero-order chi connectivity index (χ0) is 15.6. The molecular formula is C17H24ClNO2. The highest BCUT2D eigenvalue weighted by Crippen LogP contribution is 2.48. The van der Waals surface area contributed by atoms with E-state index in [1.54, 1.807) is 6.92 Å². The van der Waals surface area contributed by atoms with Crippen molar-refractivity contribution in [3.8, 4) is 0 Å². The van der Waals surface area contributed by atoms with Crippen molar-refractivity contribution in [2.45, 2.75) is 45.6 Å². The van der Waals surface area contributed by atoms with E-state index in [1.807, 2.05) is 24.3 Å². The number of carbonyl (C=O) groups is 1. The molecule has 0 aromatic heterocycles. The van der Waals surface area contributed by atoms with Gasteiger partial charge in [-0.3, -0.25) is 4.79 Å². The van der Waals surface area contributed by atoms with Crippen LogP contribution >= 0.6 is 11.6 Å². The lowest BCUT2D eigenvalue weighted by molar-refractivity contribution is -0.123. The van der Waals surface area contributed by atoms with E-state index in [0.717, 1.165) is 17.0 Å². The fourth-order valence-electron chi connectivity index (χ4n) is 2.92. The molecule has 1 amide bonds. The fraction of sp³-hybridized carbons (Fsp3) is 0.588. The van der Waals surface area contributed by atoms with Crippen LogP contribution in [0.15, 0.2) is 24.3 Å². The van der Waals surface area contributed by atoms with Crippen molar-refractivity contribution < 1.29 is 9.90 Å². The molecule has 1 aliphatic carbocycles. The second-order valence-electron chi connectivity index (χ2n) is 6.94. The van der Waals surface area contributed by atoms with Crippen LogP contribution < -0.4 is 5.32 Å². The molecular weight excluding hydrogens is 286 g/mol. The molecule has 3 atom stereocenters. The van der Waals surface area contributed by atoms with Crippen molar-refractivity contribution >= 4 is 17.5 Å². The number of amides is 1. The Labute approximate surface area is 131 Å². The summed E-state index contributed by atoms with van der Waals surface area (Å²) < 4.78 is 0. The zero-order valence-corrected chi connectivity index (χ0v) is 13.7. The lowest BCUT2D eigenvalue weighted by Gasteiger charge is -2.26. The topological polar surface area (TPSA) is 49.3 Å². The van der Waals surface area contributed by atoms with Gasteiger partial charge >= 0.3 is 0 Å². The van der Waals surface area contributed by atoms with Crippen LogP contribution in [0.3, 0.4) is 0 Å². The Balaban J connectivity index is 1.84. The fourth-order valence-corrected chi connectivity index (χ4v) is 3.12. The number of carbonyl (C=O) groups excluding carboxylic acids is 1. The average molecular weight is 310 g/mol. The number of hydrogen-bond acceptors (Lipinski definition) is 2. The van der Waals surface area contributed by atoms with E-state index in [0.29, 0.717) is 18.9 Å².